The zero-order chi connectivity index (χ0) is 17.0. The summed E-state index contributed by atoms with van der Waals surface area (Å²) in [4.78, 5) is 11.7. The first-order valence-electron chi connectivity index (χ1n) is 8.19. The summed E-state index contributed by atoms with van der Waals surface area (Å²) in [5.41, 5.74) is 3.51. The molecule has 3 N–H and O–H groups in total. The van der Waals surface area contributed by atoms with Crippen LogP contribution in [0.1, 0.15) is 71.6 Å². The highest BCUT2D eigenvalue weighted by Crippen LogP contribution is 2.15. The molecule has 0 fully saturated rings. The third kappa shape index (κ3) is 10.1. The maximum atomic E-state index is 11.7. The summed E-state index contributed by atoms with van der Waals surface area (Å²) in [5.74, 6) is -1.02. The highest BCUT2D eigenvalue weighted by atomic mass is 32.2. The van der Waals surface area contributed by atoms with Gasteiger partial charge in [0.1, 0.15) is 0 Å². The highest BCUT2D eigenvalue weighted by molar-refractivity contribution is 7.86. The molecule has 7 heteroatoms. The topological polar surface area (TPSA) is 107 Å². The van der Waals surface area contributed by atoms with Gasteiger partial charge < -0.3 is 10.5 Å². The third-order valence-electron chi connectivity index (χ3n) is 3.67. The van der Waals surface area contributed by atoms with E-state index in [1.54, 1.807) is 6.92 Å². The summed E-state index contributed by atoms with van der Waals surface area (Å²) < 4.78 is 35.5. The molecule has 0 spiro atoms. The van der Waals surface area contributed by atoms with Crippen LogP contribution in [0.4, 0.5) is 0 Å². The van der Waals surface area contributed by atoms with Crippen LogP contribution in [0.5, 0.6) is 0 Å². The molecule has 2 atom stereocenters. The van der Waals surface area contributed by atoms with Gasteiger partial charge in [-0.3, -0.25) is 9.35 Å². The second-order valence-electron chi connectivity index (χ2n) is 5.78. The second-order valence-corrected chi connectivity index (χ2v) is 7.34. The molecule has 0 bridgehead atoms. The summed E-state index contributed by atoms with van der Waals surface area (Å²) in [6.07, 6.45) is 10.1. The standard InChI is InChI=1S/C15H31NO5S/c1-3-4-5-6-7-8-9-10-11-13(2)15(17)21-14(12-16)22(18,19)20/h13-14H,3-12,16H2,1-2H3,(H,18,19,20). The molecule has 0 aromatic carbocycles. The summed E-state index contributed by atoms with van der Waals surface area (Å²) >= 11 is 0. The maximum absolute atomic E-state index is 11.7. The van der Waals surface area contributed by atoms with Gasteiger partial charge in [-0.1, -0.05) is 65.2 Å². The molecule has 0 aliphatic heterocycles. The van der Waals surface area contributed by atoms with Crippen LogP contribution in [0.2, 0.25) is 0 Å². The van der Waals surface area contributed by atoms with Gasteiger partial charge >= 0.3 is 16.1 Å². The van der Waals surface area contributed by atoms with Crippen molar-refractivity contribution in [1.29, 1.82) is 0 Å². The van der Waals surface area contributed by atoms with E-state index in [9.17, 15) is 13.2 Å². The molecule has 22 heavy (non-hydrogen) atoms. The smallest absolute Gasteiger partial charge is 0.310 e. The van der Waals surface area contributed by atoms with Crippen molar-refractivity contribution in [2.75, 3.05) is 6.54 Å². The first-order valence-corrected chi connectivity index (χ1v) is 9.70. The Kier molecular flexibility index (Phi) is 11.5. The van der Waals surface area contributed by atoms with E-state index in [0.717, 1.165) is 19.3 Å². The predicted molar refractivity (Wildman–Crippen MR) is 86.9 cm³/mol. The largest absolute Gasteiger partial charge is 0.442 e. The van der Waals surface area contributed by atoms with E-state index in [-0.39, 0.29) is 0 Å². The number of hydrogen-bond donors (Lipinski definition) is 2. The molecule has 6 nitrogen and oxygen atoms in total. The van der Waals surface area contributed by atoms with Crippen LogP contribution < -0.4 is 5.73 Å². The molecule has 0 saturated heterocycles. The molecular weight excluding hydrogens is 306 g/mol. The zero-order valence-electron chi connectivity index (χ0n) is 13.8. The fourth-order valence-corrected chi connectivity index (χ4v) is 2.64. The van der Waals surface area contributed by atoms with Gasteiger partial charge in [-0.05, 0) is 6.42 Å². The molecule has 0 aromatic rings. The van der Waals surface area contributed by atoms with Crippen molar-refractivity contribution in [3.8, 4) is 0 Å². The van der Waals surface area contributed by atoms with Crippen LogP contribution in [0.15, 0.2) is 0 Å². The minimum atomic E-state index is -4.45. The van der Waals surface area contributed by atoms with Crippen LogP contribution in [-0.4, -0.2) is 30.9 Å². The quantitative estimate of drug-likeness (QED) is 0.304. The first-order chi connectivity index (χ1) is 10.3. The Hall–Kier alpha value is -0.660. The Morgan fingerprint density at radius 2 is 1.59 bits per heavy atom. The lowest BCUT2D eigenvalue weighted by molar-refractivity contribution is -0.150. The zero-order valence-corrected chi connectivity index (χ0v) is 14.6. The number of carbonyl (C=O) groups is 1. The van der Waals surface area contributed by atoms with Crippen LogP contribution in [-0.2, 0) is 19.6 Å². The summed E-state index contributed by atoms with van der Waals surface area (Å²) in [5, 5.41) is 0. The first kappa shape index (κ1) is 21.3. The monoisotopic (exact) mass is 337 g/mol. The van der Waals surface area contributed by atoms with Crippen LogP contribution in [0.3, 0.4) is 0 Å². The third-order valence-corrected chi connectivity index (χ3v) is 4.62. The molecule has 2 unspecified atom stereocenters. The number of nitrogens with two attached hydrogens (primary N) is 1. The number of ether oxygens (including phenoxy) is 1. The van der Waals surface area contributed by atoms with E-state index >= 15 is 0 Å². The van der Waals surface area contributed by atoms with Gasteiger partial charge in [-0.25, -0.2) is 0 Å². The molecule has 0 aliphatic rings. The average molecular weight is 337 g/mol. The van der Waals surface area contributed by atoms with Gasteiger partial charge in [0.2, 0.25) is 5.44 Å². The van der Waals surface area contributed by atoms with Crippen molar-refractivity contribution in [1.82, 2.24) is 0 Å². The molecule has 0 radical (unpaired) electrons. The Morgan fingerprint density at radius 3 is 2.05 bits per heavy atom. The van der Waals surface area contributed by atoms with E-state index in [1.807, 2.05) is 0 Å². The summed E-state index contributed by atoms with van der Waals surface area (Å²) in [6, 6.07) is 0. The van der Waals surface area contributed by atoms with Crippen LogP contribution >= 0.6 is 0 Å². The van der Waals surface area contributed by atoms with Gasteiger partial charge in [0.15, 0.2) is 0 Å². The molecular formula is C15H31NO5S. The Labute approximate surface area is 134 Å². The van der Waals surface area contributed by atoms with Crippen LogP contribution in [0.25, 0.3) is 0 Å². The lowest BCUT2D eigenvalue weighted by Crippen LogP contribution is -2.35. The van der Waals surface area contributed by atoms with Crippen molar-refractivity contribution in [3.63, 3.8) is 0 Å². The molecule has 0 aromatic heterocycles. The van der Waals surface area contributed by atoms with E-state index in [4.69, 9.17) is 15.0 Å². The van der Waals surface area contributed by atoms with Crippen molar-refractivity contribution >= 4 is 16.1 Å². The van der Waals surface area contributed by atoms with Crippen molar-refractivity contribution < 1.29 is 22.5 Å². The minimum Gasteiger partial charge on any atom is -0.442 e. The summed E-state index contributed by atoms with van der Waals surface area (Å²) in [6.45, 7) is 3.44. The van der Waals surface area contributed by atoms with E-state index < -0.39 is 34.0 Å². The highest BCUT2D eigenvalue weighted by Gasteiger charge is 2.27. The van der Waals surface area contributed by atoms with Crippen molar-refractivity contribution in [2.24, 2.45) is 11.7 Å². The molecule has 0 rings (SSSR count). The predicted octanol–water partition coefficient (Wildman–Crippen LogP) is 2.87. The van der Waals surface area contributed by atoms with Gasteiger partial charge in [-0.15, -0.1) is 0 Å². The van der Waals surface area contributed by atoms with Crippen molar-refractivity contribution in [3.05, 3.63) is 0 Å². The van der Waals surface area contributed by atoms with Crippen molar-refractivity contribution in [2.45, 2.75) is 77.1 Å². The van der Waals surface area contributed by atoms with Crippen LogP contribution in [0, 0.1) is 5.92 Å². The number of unbranched alkanes of at least 4 members (excludes halogenated alkanes) is 7. The average Bonchev–Trinajstić information content (AvgIpc) is 2.45. The van der Waals surface area contributed by atoms with Gasteiger partial charge in [-0.2, -0.15) is 8.42 Å². The Bertz CT molecular complexity index is 397. The fraction of sp³-hybridized carbons (Fsp3) is 0.933. The second kappa shape index (κ2) is 11.8. The van der Waals surface area contributed by atoms with E-state index in [2.05, 4.69) is 6.92 Å². The minimum absolute atomic E-state index is 0.393. The van der Waals surface area contributed by atoms with Gasteiger partial charge in [0.05, 0.1) is 5.92 Å². The Balaban J connectivity index is 3.83. The Morgan fingerprint density at radius 1 is 1.09 bits per heavy atom. The van der Waals surface area contributed by atoms with Gasteiger partial charge in [0.25, 0.3) is 0 Å². The van der Waals surface area contributed by atoms with Gasteiger partial charge in [0, 0.05) is 6.54 Å². The van der Waals surface area contributed by atoms with E-state index in [1.165, 1.54) is 32.1 Å². The lowest BCUT2D eigenvalue weighted by atomic mass is 10.0. The SMILES string of the molecule is CCCCCCCCCCC(C)C(=O)OC(CN)S(=O)(=O)O. The lowest BCUT2D eigenvalue weighted by Gasteiger charge is -2.16. The molecule has 0 amide bonds. The maximum Gasteiger partial charge on any atom is 0.310 e. The molecule has 0 aliphatic carbocycles. The molecule has 0 saturated carbocycles. The fourth-order valence-electron chi connectivity index (χ4n) is 2.18. The number of esters is 1. The normalized spacial score (nSPS) is 14.5. The number of hydrogen-bond acceptors (Lipinski definition) is 5. The molecule has 0 heterocycles. The molecule has 132 valence electrons. The number of carbonyl (C=O) groups excluding carboxylic acids is 1. The van der Waals surface area contributed by atoms with E-state index in [0.29, 0.717) is 6.42 Å². The summed E-state index contributed by atoms with van der Waals surface area (Å²) in [7, 11) is -4.45. The number of rotatable bonds is 13.